The SMILES string of the molecule is C/C(=N/NC(=S)NC[C@@H]1CCCO1)c1ccc(-c2ccc(C(=O)[O-])o2)cc1. The maximum Gasteiger partial charge on any atom is 0.187 e. The summed E-state index contributed by atoms with van der Waals surface area (Å²) >= 11 is 5.21. The monoisotopic (exact) mass is 386 g/mol. The summed E-state index contributed by atoms with van der Waals surface area (Å²) in [7, 11) is 0. The van der Waals surface area contributed by atoms with E-state index in [1.807, 2.05) is 31.2 Å². The van der Waals surface area contributed by atoms with E-state index in [1.54, 1.807) is 6.07 Å². The predicted octanol–water partition coefficient (Wildman–Crippen LogP) is 1.68. The van der Waals surface area contributed by atoms with E-state index in [4.69, 9.17) is 21.4 Å². The van der Waals surface area contributed by atoms with Crippen LogP contribution < -0.4 is 15.8 Å². The molecule has 0 amide bonds. The van der Waals surface area contributed by atoms with Crippen molar-refractivity contribution in [3.8, 4) is 11.3 Å². The van der Waals surface area contributed by atoms with Crippen LogP contribution in [0.3, 0.4) is 0 Å². The Hall–Kier alpha value is -2.71. The highest BCUT2D eigenvalue weighted by atomic mass is 32.1. The smallest absolute Gasteiger partial charge is 0.187 e. The second kappa shape index (κ2) is 8.79. The van der Waals surface area contributed by atoms with Gasteiger partial charge < -0.3 is 24.4 Å². The fourth-order valence-corrected chi connectivity index (χ4v) is 2.86. The highest BCUT2D eigenvalue weighted by molar-refractivity contribution is 7.80. The zero-order chi connectivity index (χ0) is 19.2. The van der Waals surface area contributed by atoms with E-state index in [0.29, 0.717) is 17.4 Å². The van der Waals surface area contributed by atoms with Crippen molar-refractivity contribution in [3.05, 3.63) is 47.7 Å². The summed E-state index contributed by atoms with van der Waals surface area (Å²) in [5, 5.41) is 18.6. The molecule has 1 saturated heterocycles. The number of carbonyl (C=O) groups is 1. The average molecular weight is 386 g/mol. The van der Waals surface area contributed by atoms with Gasteiger partial charge in [0, 0.05) is 18.7 Å². The van der Waals surface area contributed by atoms with Gasteiger partial charge in [-0.25, -0.2) is 0 Å². The number of rotatable bonds is 6. The molecule has 0 unspecified atom stereocenters. The molecule has 2 heterocycles. The highest BCUT2D eigenvalue weighted by Crippen LogP contribution is 2.22. The fraction of sp³-hybridized carbons (Fsp3) is 0.316. The number of hydrogen-bond donors (Lipinski definition) is 2. The van der Waals surface area contributed by atoms with Crippen LogP contribution in [0.25, 0.3) is 11.3 Å². The van der Waals surface area contributed by atoms with Crippen LogP contribution in [0.5, 0.6) is 0 Å². The number of thiocarbonyl (C=S) groups is 1. The lowest BCUT2D eigenvalue weighted by Gasteiger charge is -2.12. The number of aromatic carboxylic acids is 1. The third-order valence-electron chi connectivity index (χ3n) is 4.23. The minimum Gasteiger partial charge on any atom is -0.542 e. The van der Waals surface area contributed by atoms with E-state index >= 15 is 0 Å². The van der Waals surface area contributed by atoms with Crippen LogP contribution in [0.15, 0.2) is 45.9 Å². The second-order valence-electron chi connectivity index (χ2n) is 6.18. The summed E-state index contributed by atoms with van der Waals surface area (Å²) in [6.07, 6.45) is 2.35. The summed E-state index contributed by atoms with van der Waals surface area (Å²) in [4.78, 5) is 10.8. The number of carboxylic acid groups (broad SMARTS) is 1. The third kappa shape index (κ3) is 5.15. The van der Waals surface area contributed by atoms with E-state index in [-0.39, 0.29) is 11.9 Å². The first-order chi connectivity index (χ1) is 13.0. The molecule has 7 nitrogen and oxygen atoms in total. The van der Waals surface area contributed by atoms with Crippen LogP contribution in [0.1, 0.15) is 35.9 Å². The van der Waals surface area contributed by atoms with Gasteiger partial charge in [0.25, 0.3) is 0 Å². The van der Waals surface area contributed by atoms with E-state index in [0.717, 1.165) is 36.3 Å². The maximum atomic E-state index is 10.8. The van der Waals surface area contributed by atoms with Gasteiger partial charge >= 0.3 is 0 Å². The molecule has 2 aromatic rings. The van der Waals surface area contributed by atoms with Crippen molar-refractivity contribution in [2.45, 2.75) is 25.9 Å². The minimum atomic E-state index is -1.34. The third-order valence-corrected chi connectivity index (χ3v) is 4.47. The molecule has 0 saturated carbocycles. The quantitative estimate of drug-likeness (QED) is 0.443. The number of nitrogens with one attached hydrogen (secondary N) is 2. The molecule has 27 heavy (non-hydrogen) atoms. The lowest BCUT2D eigenvalue weighted by Crippen LogP contribution is -2.37. The minimum absolute atomic E-state index is 0.194. The Kier molecular flexibility index (Phi) is 6.20. The van der Waals surface area contributed by atoms with Crippen molar-refractivity contribution in [2.75, 3.05) is 13.2 Å². The number of furan rings is 1. The van der Waals surface area contributed by atoms with E-state index < -0.39 is 5.97 Å². The van der Waals surface area contributed by atoms with Crippen LogP contribution in [0.2, 0.25) is 0 Å². The van der Waals surface area contributed by atoms with Crippen molar-refractivity contribution in [1.29, 1.82) is 0 Å². The number of benzene rings is 1. The molecule has 1 fully saturated rings. The maximum absolute atomic E-state index is 10.8. The zero-order valence-corrected chi connectivity index (χ0v) is 15.7. The molecule has 1 aromatic carbocycles. The molecule has 1 aromatic heterocycles. The lowest BCUT2D eigenvalue weighted by atomic mass is 10.1. The average Bonchev–Trinajstić information content (AvgIpc) is 3.36. The summed E-state index contributed by atoms with van der Waals surface area (Å²) in [6.45, 7) is 3.35. The Labute approximate surface area is 162 Å². The second-order valence-corrected chi connectivity index (χ2v) is 6.59. The van der Waals surface area contributed by atoms with Gasteiger partial charge in [-0.2, -0.15) is 5.10 Å². The van der Waals surface area contributed by atoms with Crippen LogP contribution in [0.4, 0.5) is 0 Å². The first-order valence-corrected chi connectivity index (χ1v) is 9.05. The standard InChI is InChI=1S/C19H21N3O4S/c1-12(21-22-19(27)20-11-15-3-2-10-25-15)13-4-6-14(7-5-13)16-8-9-17(26-16)18(23)24/h4-9,15H,2-3,10-11H2,1H3,(H,23,24)(H2,20,22,27)/p-1/b21-12-/t15-/m0/s1. The molecular weight excluding hydrogens is 366 g/mol. The van der Waals surface area contributed by atoms with Gasteiger partial charge in [-0.1, -0.05) is 24.3 Å². The van der Waals surface area contributed by atoms with Crippen molar-refractivity contribution in [3.63, 3.8) is 0 Å². The van der Waals surface area contributed by atoms with Gasteiger partial charge in [-0.15, -0.1) is 0 Å². The molecule has 142 valence electrons. The zero-order valence-electron chi connectivity index (χ0n) is 14.9. The Morgan fingerprint density at radius 2 is 2.07 bits per heavy atom. The topological polar surface area (TPSA) is 98.9 Å². The molecule has 0 bridgehead atoms. The first-order valence-electron chi connectivity index (χ1n) is 8.64. The molecule has 1 aliphatic rings. The van der Waals surface area contributed by atoms with Gasteiger partial charge in [0.2, 0.25) is 0 Å². The van der Waals surface area contributed by atoms with Crippen LogP contribution in [-0.4, -0.2) is 36.0 Å². The van der Waals surface area contributed by atoms with E-state index in [2.05, 4.69) is 15.8 Å². The van der Waals surface area contributed by atoms with Crippen LogP contribution >= 0.6 is 12.2 Å². The largest absolute Gasteiger partial charge is 0.542 e. The summed E-state index contributed by atoms with van der Waals surface area (Å²) in [5.74, 6) is -1.07. The first kappa shape index (κ1) is 19.1. The Bertz CT molecular complexity index is 839. The number of carbonyl (C=O) groups excluding carboxylic acids is 1. The van der Waals surface area contributed by atoms with Gasteiger partial charge in [0.15, 0.2) is 5.11 Å². The van der Waals surface area contributed by atoms with Crippen LogP contribution in [0, 0.1) is 0 Å². The molecule has 3 rings (SSSR count). The molecular formula is C19H20N3O4S-. The number of hydrogen-bond acceptors (Lipinski definition) is 6. The molecule has 0 spiro atoms. The number of ether oxygens (including phenoxy) is 1. The Morgan fingerprint density at radius 1 is 1.30 bits per heavy atom. The molecule has 0 radical (unpaired) electrons. The molecule has 1 atom stereocenters. The molecule has 0 aliphatic carbocycles. The van der Waals surface area contributed by atoms with Gasteiger partial charge in [-0.3, -0.25) is 5.43 Å². The van der Waals surface area contributed by atoms with Crippen molar-refractivity contribution >= 4 is 29.0 Å². The summed E-state index contributed by atoms with van der Waals surface area (Å²) in [5.41, 5.74) is 5.26. The Balaban J connectivity index is 1.55. The number of hydrazone groups is 1. The van der Waals surface area contributed by atoms with Crippen LogP contribution in [-0.2, 0) is 4.74 Å². The molecule has 8 heteroatoms. The van der Waals surface area contributed by atoms with Crippen molar-refractivity contribution in [1.82, 2.24) is 10.7 Å². The molecule has 2 N–H and O–H groups in total. The van der Waals surface area contributed by atoms with Crippen molar-refractivity contribution < 1.29 is 19.1 Å². The summed E-state index contributed by atoms with van der Waals surface area (Å²) < 4.78 is 10.8. The van der Waals surface area contributed by atoms with Gasteiger partial charge in [0.1, 0.15) is 17.5 Å². The van der Waals surface area contributed by atoms with Gasteiger partial charge in [-0.05, 0) is 49.7 Å². The normalized spacial score (nSPS) is 16.9. The molecule has 1 aliphatic heterocycles. The number of nitrogens with zero attached hydrogens (tertiary/aromatic N) is 1. The van der Waals surface area contributed by atoms with E-state index in [1.165, 1.54) is 6.07 Å². The van der Waals surface area contributed by atoms with E-state index in [9.17, 15) is 9.90 Å². The fourth-order valence-electron chi connectivity index (χ4n) is 2.73. The predicted molar refractivity (Wildman–Crippen MR) is 103 cm³/mol. The van der Waals surface area contributed by atoms with Gasteiger partial charge in [0.05, 0.1) is 11.8 Å². The Morgan fingerprint density at radius 3 is 2.70 bits per heavy atom. The lowest BCUT2D eigenvalue weighted by molar-refractivity contribution is -0.257. The number of carboxylic acids is 1. The van der Waals surface area contributed by atoms with Crippen molar-refractivity contribution in [2.24, 2.45) is 5.10 Å². The highest BCUT2D eigenvalue weighted by Gasteiger charge is 2.15. The summed E-state index contributed by atoms with van der Waals surface area (Å²) in [6, 6.07) is 10.4.